The predicted molar refractivity (Wildman–Crippen MR) is 120 cm³/mol. The number of amides is 3. The highest BCUT2D eigenvalue weighted by molar-refractivity contribution is 7.99. The molecule has 4 rings (SSSR count). The summed E-state index contributed by atoms with van der Waals surface area (Å²) in [6.07, 6.45) is 0. The summed E-state index contributed by atoms with van der Waals surface area (Å²) in [5.41, 5.74) is 3.60. The second kappa shape index (κ2) is 8.46. The molecule has 4 N–H and O–H groups in total. The van der Waals surface area contributed by atoms with Gasteiger partial charge < -0.3 is 21.3 Å². The van der Waals surface area contributed by atoms with Crippen molar-refractivity contribution in [2.24, 2.45) is 0 Å². The lowest BCUT2D eigenvalue weighted by Crippen LogP contribution is -2.20. The Hall–Kier alpha value is -3.52. The van der Waals surface area contributed by atoms with E-state index in [2.05, 4.69) is 21.3 Å². The van der Waals surface area contributed by atoms with Crippen molar-refractivity contribution in [1.29, 1.82) is 0 Å². The molecule has 0 aromatic heterocycles. The summed E-state index contributed by atoms with van der Waals surface area (Å²) in [4.78, 5) is 25.9. The number of hydrogen-bond acceptors (Lipinski definition) is 4. The Morgan fingerprint density at radius 1 is 0.967 bits per heavy atom. The number of hydrogen-bond donors (Lipinski definition) is 4. The number of para-hydroxylation sites is 1. The van der Waals surface area contributed by atoms with Gasteiger partial charge in [-0.05, 0) is 54.3 Å². The molecule has 3 aromatic rings. The maximum absolute atomic E-state index is 13.1. The van der Waals surface area contributed by atoms with E-state index >= 15 is 0 Å². The van der Waals surface area contributed by atoms with Crippen LogP contribution in [0.5, 0.6) is 0 Å². The number of benzene rings is 3. The van der Waals surface area contributed by atoms with Crippen molar-refractivity contribution in [3.63, 3.8) is 0 Å². The summed E-state index contributed by atoms with van der Waals surface area (Å²) in [6, 6.07) is 15.9. The third-order valence-corrected chi connectivity index (χ3v) is 5.40. The van der Waals surface area contributed by atoms with Gasteiger partial charge in [-0.15, -0.1) is 11.8 Å². The first-order chi connectivity index (χ1) is 14.5. The van der Waals surface area contributed by atoms with E-state index in [-0.39, 0.29) is 11.7 Å². The van der Waals surface area contributed by atoms with E-state index in [9.17, 15) is 14.0 Å². The van der Waals surface area contributed by atoms with Crippen molar-refractivity contribution < 1.29 is 14.0 Å². The molecule has 0 spiro atoms. The lowest BCUT2D eigenvalue weighted by atomic mass is 10.1. The number of anilines is 5. The molecule has 3 amide bonds. The number of fused-ring (bicyclic) bond motifs is 2. The molecule has 0 atom stereocenters. The van der Waals surface area contributed by atoms with E-state index in [0.717, 1.165) is 22.0 Å². The van der Waals surface area contributed by atoms with E-state index in [1.807, 2.05) is 25.1 Å². The molecule has 0 bridgehead atoms. The SMILES string of the molecule is CCSc1cc2c(cc1NC(=O)Nc1ccc(F)cc1)NC(=O)c1ccccc1N2. The van der Waals surface area contributed by atoms with Crippen molar-refractivity contribution in [2.45, 2.75) is 11.8 Å². The van der Waals surface area contributed by atoms with Gasteiger partial charge in [-0.3, -0.25) is 4.79 Å². The third kappa shape index (κ3) is 4.23. The predicted octanol–water partition coefficient (Wildman–Crippen LogP) is 5.89. The fourth-order valence-corrected chi connectivity index (χ4v) is 3.88. The number of urea groups is 1. The van der Waals surface area contributed by atoms with Gasteiger partial charge in [0.05, 0.1) is 28.3 Å². The lowest BCUT2D eigenvalue weighted by Gasteiger charge is -2.16. The van der Waals surface area contributed by atoms with Gasteiger partial charge in [-0.2, -0.15) is 0 Å². The van der Waals surface area contributed by atoms with E-state index in [0.29, 0.717) is 22.6 Å². The molecule has 0 radical (unpaired) electrons. The highest BCUT2D eigenvalue weighted by Gasteiger charge is 2.21. The number of rotatable bonds is 4. The molecule has 3 aromatic carbocycles. The van der Waals surface area contributed by atoms with Crippen molar-refractivity contribution in [3.8, 4) is 0 Å². The average Bonchev–Trinajstić information content (AvgIpc) is 2.86. The van der Waals surface area contributed by atoms with Crippen LogP contribution in [0.1, 0.15) is 17.3 Å². The first kappa shape index (κ1) is 19.8. The molecule has 0 saturated carbocycles. The van der Waals surface area contributed by atoms with Gasteiger partial charge in [-0.25, -0.2) is 9.18 Å². The Balaban J connectivity index is 1.62. The number of nitrogens with one attached hydrogen (secondary N) is 4. The monoisotopic (exact) mass is 422 g/mol. The fourth-order valence-electron chi connectivity index (χ4n) is 3.10. The quantitative estimate of drug-likeness (QED) is 0.395. The molecule has 0 fully saturated rings. The summed E-state index contributed by atoms with van der Waals surface area (Å²) in [7, 11) is 0. The maximum atomic E-state index is 13.1. The maximum Gasteiger partial charge on any atom is 0.323 e. The zero-order valence-electron chi connectivity index (χ0n) is 16.1. The lowest BCUT2D eigenvalue weighted by molar-refractivity contribution is 0.102. The van der Waals surface area contributed by atoms with Crippen LogP contribution in [0.2, 0.25) is 0 Å². The number of carbonyl (C=O) groups is 2. The van der Waals surface area contributed by atoms with Crippen LogP contribution in [0, 0.1) is 5.82 Å². The molecule has 152 valence electrons. The number of halogens is 1. The normalized spacial score (nSPS) is 12.0. The number of carbonyl (C=O) groups excluding carboxylic acids is 2. The van der Waals surface area contributed by atoms with Crippen LogP contribution in [0.3, 0.4) is 0 Å². The summed E-state index contributed by atoms with van der Waals surface area (Å²) in [6.45, 7) is 2.02. The molecule has 30 heavy (non-hydrogen) atoms. The summed E-state index contributed by atoms with van der Waals surface area (Å²) < 4.78 is 13.1. The van der Waals surface area contributed by atoms with Crippen LogP contribution in [-0.4, -0.2) is 17.7 Å². The molecule has 1 aliphatic heterocycles. The van der Waals surface area contributed by atoms with Crippen LogP contribution in [0.15, 0.2) is 65.6 Å². The van der Waals surface area contributed by atoms with Crippen molar-refractivity contribution >= 4 is 52.1 Å². The second-order valence-corrected chi connectivity index (χ2v) is 7.84. The van der Waals surface area contributed by atoms with Crippen LogP contribution >= 0.6 is 11.8 Å². The van der Waals surface area contributed by atoms with E-state index in [4.69, 9.17) is 0 Å². The first-order valence-corrected chi connectivity index (χ1v) is 10.3. The second-order valence-electron chi connectivity index (χ2n) is 6.54. The van der Waals surface area contributed by atoms with Crippen LogP contribution in [0.25, 0.3) is 0 Å². The van der Waals surface area contributed by atoms with Crippen LogP contribution < -0.4 is 21.3 Å². The molecule has 8 heteroatoms. The molecule has 1 aliphatic rings. The standard InChI is InChI=1S/C22H19FN4O2S/c1-2-30-20-12-18-17(26-21(28)15-5-3-4-6-16(15)25-18)11-19(20)27-22(29)24-14-9-7-13(23)8-10-14/h3-12,25H,2H2,1H3,(H,26,28)(H2,24,27,29). The van der Waals surface area contributed by atoms with Crippen molar-refractivity contribution in [2.75, 3.05) is 27.0 Å². The Morgan fingerprint density at radius 2 is 1.70 bits per heavy atom. The molecular weight excluding hydrogens is 403 g/mol. The van der Waals surface area contributed by atoms with E-state index in [1.54, 1.807) is 30.0 Å². The van der Waals surface area contributed by atoms with E-state index in [1.165, 1.54) is 24.3 Å². The van der Waals surface area contributed by atoms with Gasteiger partial charge in [0.15, 0.2) is 0 Å². The highest BCUT2D eigenvalue weighted by atomic mass is 32.2. The van der Waals surface area contributed by atoms with E-state index < -0.39 is 6.03 Å². The minimum Gasteiger partial charge on any atom is -0.353 e. The molecule has 0 aliphatic carbocycles. The number of thioether (sulfide) groups is 1. The van der Waals surface area contributed by atoms with Gasteiger partial charge >= 0.3 is 6.03 Å². The Kier molecular flexibility index (Phi) is 5.58. The average molecular weight is 422 g/mol. The molecular formula is C22H19FN4O2S. The van der Waals surface area contributed by atoms with Crippen molar-refractivity contribution in [3.05, 3.63) is 72.0 Å². The summed E-state index contributed by atoms with van der Waals surface area (Å²) >= 11 is 1.57. The largest absolute Gasteiger partial charge is 0.353 e. The highest BCUT2D eigenvalue weighted by Crippen LogP contribution is 2.39. The van der Waals surface area contributed by atoms with Crippen molar-refractivity contribution in [1.82, 2.24) is 0 Å². The zero-order chi connectivity index (χ0) is 21.1. The molecule has 6 nitrogen and oxygen atoms in total. The Bertz CT molecular complexity index is 1120. The molecule has 1 heterocycles. The smallest absolute Gasteiger partial charge is 0.323 e. The van der Waals surface area contributed by atoms with Gasteiger partial charge in [-0.1, -0.05) is 19.1 Å². The molecule has 0 unspecified atom stereocenters. The minimum absolute atomic E-state index is 0.227. The first-order valence-electron chi connectivity index (χ1n) is 9.35. The minimum atomic E-state index is -0.462. The van der Waals surface area contributed by atoms with Crippen LogP contribution in [-0.2, 0) is 0 Å². The molecule has 0 saturated heterocycles. The van der Waals surface area contributed by atoms with Gasteiger partial charge in [0.25, 0.3) is 5.91 Å². The van der Waals surface area contributed by atoms with Gasteiger partial charge in [0, 0.05) is 10.6 Å². The third-order valence-electron chi connectivity index (χ3n) is 4.46. The Labute approximate surface area is 177 Å². The van der Waals surface area contributed by atoms with Crippen LogP contribution in [0.4, 0.5) is 37.6 Å². The fraction of sp³-hybridized carbons (Fsp3) is 0.0909. The summed E-state index contributed by atoms with van der Waals surface area (Å²) in [5, 5.41) is 11.7. The van der Waals surface area contributed by atoms with Gasteiger partial charge in [0.2, 0.25) is 0 Å². The Morgan fingerprint density at radius 3 is 2.47 bits per heavy atom. The summed E-state index contributed by atoms with van der Waals surface area (Å²) in [5.74, 6) is 0.197. The van der Waals surface area contributed by atoms with Gasteiger partial charge in [0.1, 0.15) is 5.82 Å². The topological polar surface area (TPSA) is 82.3 Å². The zero-order valence-corrected chi connectivity index (χ0v) is 16.9.